The topological polar surface area (TPSA) is 77.2 Å². The Hall–Kier alpha value is -2.77. The van der Waals surface area contributed by atoms with Gasteiger partial charge in [0.1, 0.15) is 16.7 Å². The first kappa shape index (κ1) is 22.4. The van der Waals surface area contributed by atoms with Gasteiger partial charge in [-0.1, -0.05) is 6.07 Å². The standard InChI is InChI=1S/C24H29F2N3O3/c1-13-10-16(14(2)28-22(30)32-23(3,4)5)20-17(11-13)19-21(31-20)18(12-27-29-19)15-6-8-24(25,26)9-7-15/h10-12,14-15H,6-9H2,1-5H3,(H,28,30)/t14-/m1/s1. The van der Waals surface area contributed by atoms with E-state index in [2.05, 4.69) is 15.5 Å². The third-order valence-electron chi connectivity index (χ3n) is 5.91. The lowest BCUT2D eigenvalue weighted by molar-refractivity contribution is -0.0382. The number of carbonyl (C=O) groups excluding carboxylic acids is 1. The maximum absolute atomic E-state index is 13.7. The number of rotatable bonds is 3. The summed E-state index contributed by atoms with van der Waals surface area (Å²) < 4.78 is 39.0. The van der Waals surface area contributed by atoms with Crippen LogP contribution in [0, 0.1) is 6.92 Å². The van der Waals surface area contributed by atoms with E-state index in [4.69, 9.17) is 9.15 Å². The molecule has 1 N–H and O–H groups in total. The molecular weight excluding hydrogens is 416 g/mol. The predicted molar refractivity (Wildman–Crippen MR) is 118 cm³/mol. The number of furan rings is 1. The number of carbonyl (C=O) groups is 1. The molecule has 1 atom stereocenters. The van der Waals surface area contributed by atoms with Crippen molar-refractivity contribution in [3.05, 3.63) is 35.0 Å². The van der Waals surface area contributed by atoms with Crippen LogP contribution in [0.1, 0.15) is 82.0 Å². The van der Waals surface area contributed by atoms with Gasteiger partial charge in [0.05, 0.1) is 12.2 Å². The Balaban J connectivity index is 1.74. The average molecular weight is 446 g/mol. The van der Waals surface area contributed by atoms with Crippen molar-refractivity contribution < 1.29 is 22.7 Å². The summed E-state index contributed by atoms with van der Waals surface area (Å²) in [7, 11) is 0. The fraction of sp³-hybridized carbons (Fsp3) is 0.542. The van der Waals surface area contributed by atoms with Crippen LogP contribution in [0.5, 0.6) is 0 Å². The number of fused-ring (bicyclic) bond motifs is 3. The normalized spacial score (nSPS) is 18.1. The Morgan fingerprint density at radius 2 is 1.94 bits per heavy atom. The highest BCUT2D eigenvalue weighted by atomic mass is 19.3. The molecule has 0 saturated heterocycles. The van der Waals surface area contributed by atoms with Crippen molar-refractivity contribution in [1.82, 2.24) is 15.5 Å². The highest BCUT2D eigenvalue weighted by Crippen LogP contribution is 2.44. The highest BCUT2D eigenvalue weighted by molar-refractivity contribution is 6.04. The van der Waals surface area contributed by atoms with Crippen LogP contribution in [0.2, 0.25) is 0 Å². The maximum Gasteiger partial charge on any atom is 0.408 e. The summed E-state index contributed by atoms with van der Waals surface area (Å²) in [5.74, 6) is -2.65. The minimum Gasteiger partial charge on any atom is -0.454 e. The Bertz CT molecular complexity index is 1160. The molecule has 1 aromatic carbocycles. The molecule has 8 heteroatoms. The van der Waals surface area contributed by atoms with E-state index >= 15 is 0 Å². The molecule has 1 aliphatic carbocycles. The maximum atomic E-state index is 13.7. The van der Waals surface area contributed by atoms with Gasteiger partial charge in [0.25, 0.3) is 0 Å². The number of nitrogens with zero attached hydrogens (tertiary/aromatic N) is 2. The van der Waals surface area contributed by atoms with Crippen LogP contribution in [0.4, 0.5) is 13.6 Å². The van der Waals surface area contributed by atoms with Crippen LogP contribution in [-0.4, -0.2) is 27.8 Å². The summed E-state index contributed by atoms with van der Waals surface area (Å²) in [5.41, 5.74) is 3.80. The van der Waals surface area contributed by atoms with Crippen LogP contribution < -0.4 is 5.32 Å². The van der Waals surface area contributed by atoms with Gasteiger partial charge in [-0.05, 0) is 65.0 Å². The van der Waals surface area contributed by atoms with E-state index in [0.717, 1.165) is 22.1 Å². The molecule has 0 spiro atoms. The number of hydrogen-bond donors (Lipinski definition) is 1. The van der Waals surface area contributed by atoms with E-state index in [1.165, 1.54) is 0 Å². The third kappa shape index (κ3) is 4.54. The van der Waals surface area contributed by atoms with Crippen molar-refractivity contribution in [1.29, 1.82) is 0 Å². The molecule has 4 rings (SSSR count). The van der Waals surface area contributed by atoms with Crippen LogP contribution >= 0.6 is 0 Å². The van der Waals surface area contributed by atoms with E-state index in [1.54, 1.807) is 6.20 Å². The van der Waals surface area contributed by atoms with E-state index in [9.17, 15) is 13.6 Å². The first-order valence-corrected chi connectivity index (χ1v) is 11.0. The molecule has 0 bridgehead atoms. The van der Waals surface area contributed by atoms with Gasteiger partial charge in [0.2, 0.25) is 5.92 Å². The monoisotopic (exact) mass is 445 g/mol. The molecule has 0 radical (unpaired) electrons. The van der Waals surface area contributed by atoms with Gasteiger partial charge in [-0.25, -0.2) is 13.6 Å². The largest absolute Gasteiger partial charge is 0.454 e. The number of alkyl halides is 2. The second-order valence-electron chi connectivity index (χ2n) is 9.81. The summed E-state index contributed by atoms with van der Waals surface area (Å²) in [4.78, 5) is 12.3. The molecule has 2 heterocycles. The van der Waals surface area contributed by atoms with Gasteiger partial charge < -0.3 is 14.5 Å². The lowest BCUT2D eigenvalue weighted by Crippen LogP contribution is -2.34. The van der Waals surface area contributed by atoms with Gasteiger partial charge in [-0.2, -0.15) is 5.10 Å². The van der Waals surface area contributed by atoms with Crippen molar-refractivity contribution in [3.8, 4) is 0 Å². The number of alkyl carbamates (subject to hydrolysis) is 1. The summed E-state index contributed by atoms with van der Waals surface area (Å²) in [6, 6.07) is 3.55. The smallest absolute Gasteiger partial charge is 0.408 e. The molecule has 1 aliphatic rings. The van der Waals surface area contributed by atoms with E-state index in [-0.39, 0.29) is 24.8 Å². The van der Waals surface area contributed by atoms with Crippen molar-refractivity contribution in [2.24, 2.45) is 0 Å². The quantitative estimate of drug-likeness (QED) is 0.494. The highest BCUT2D eigenvalue weighted by Gasteiger charge is 2.36. The number of halogens is 2. The molecular formula is C24H29F2N3O3. The minimum atomic E-state index is -2.60. The summed E-state index contributed by atoms with van der Waals surface area (Å²) in [5, 5.41) is 12.1. The zero-order valence-electron chi connectivity index (χ0n) is 19.1. The Labute approximate surface area is 185 Å². The Kier molecular flexibility index (Phi) is 5.59. The first-order valence-electron chi connectivity index (χ1n) is 11.0. The number of benzene rings is 1. The van der Waals surface area contributed by atoms with Crippen LogP contribution in [0.15, 0.2) is 22.7 Å². The molecule has 3 aromatic rings. The lowest BCUT2D eigenvalue weighted by Gasteiger charge is -2.28. The molecule has 1 saturated carbocycles. The van der Waals surface area contributed by atoms with Crippen LogP contribution in [0.25, 0.3) is 22.1 Å². The molecule has 172 valence electrons. The zero-order chi connectivity index (χ0) is 23.3. The second-order valence-corrected chi connectivity index (χ2v) is 9.81. The van der Waals surface area contributed by atoms with E-state index in [0.29, 0.717) is 29.5 Å². The Morgan fingerprint density at radius 1 is 1.25 bits per heavy atom. The molecule has 32 heavy (non-hydrogen) atoms. The second kappa shape index (κ2) is 7.98. The number of aryl methyl sites for hydroxylation is 1. The SMILES string of the molecule is Cc1cc([C@@H](C)NC(=O)OC(C)(C)C)c2oc3c(C4CCC(F)(F)CC4)cnnc3c2c1. The van der Waals surface area contributed by atoms with Crippen LogP contribution in [-0.2, 0) is 4.74 Å². The van der Waals surface area contributed by atoms with Crippen molar-refractivity contribution in [2.75, 3.05) is 0 Å². The van der Waals surface area contributed by atoms with Gasteiger partial charge in [0.15, 0.2) is 5.58 Å². The summed E-state index contributed by atoms with van der Waals surface area (Å²) in [6.45, 7) is 9.25. The molecule has 2 aromatic heterocycles. The number of hydrogen-bond acceptors (Lipinski definition) is 5. The van der Waals surface area contributed by atoms with Crippen LogP contribution in [0.3, 0.4) is 0 Å². The fourth-order valence-electron chi connectivity index (χ4n) is 4.39. The van der Waals surface area contributed by atoms with Crippen molar-refractivity contribution in [2.45, 2.75) is 83.8 Å². The lowest BCUT2D eigenvalue weighted by atomic mass is 9.82. The molecule has 6 nitrogen and oxygen atoms in total. The number of aromatic nitrogens is 2. The Morgan fingerprint density at radius 3 is 2.59 bits per heavy atom. The molecule has 0 aliphatic heterocycles. The van der Waals surface area contributed by atoms with Gasteiger partial charge in [0, 0.05) is 29.4 Å². The van der Waals surface area contributed by atoms with Crippen molar-refractivity contribution >= 4 is 28.2 Å². The van der Waals surface area contributed by atoms with Gasteiger partial charge in [-0.15, -0.1) is 5.10 Å². The van der Waals surface area contributed by atoms with E-state index < -0.39 is 17.6 Å². The average Bonchev–Trinajstić information content (AvgIpc) is 3.04. The minimum absolute atomic E-state index is 0.0463. The summed E-state index contributed by atoms with van der Waals surface area (Å²) in [6.07, 6.45) is 1.61. The summed E-state index contributed by atoms with van der Waals surface area (Å²) >= 11 is 0. The van der Waals surface area contributed by atoms with Gasteiger partial charge in [-0.3, -0.25) is 0 Å². The fourth-order valence-corrected chi connectivity index (χ4v) is 4.39. The number of amides is 1. The number of ether oxygens (including phenoxy) is 1. The zero-order valence-corrected chi connectivity index (χ0v) is 19.1. The van der Waals surface area contributed by atoms with Crippen molar-refractivity contribution in [3.63, 3.8) is 0 Å². The first-order chi connectivity index (χ1) is 14.9. The van der Waals surface area contributed by atoms with E-state index in [1.807, 2.05) is 46.8 Å². The predicted octanol–water partition coefficient (Wildman–Crippen LogP) is 6.56. The molecule has 1 amide bonds. The van der Waals surface area contributed by atoms with Gasteiger partial charge >= 0.3 is 6.09 Å². The molecule has 0 unspecified atom stereocenters. The molecule has 1 fully saturated rings. The number of nitrogens with one attached hydrogen (secondary N) is 1. The third-order valence-corrected chi connectivity index (χ3v) is 5.91.